The zero-order valence-corrected chi connectivity index (χ0v) is 9.15. The molecule has 0 aromatic heterocycles. The molecule has 1 aromatic carbocycles. The van der Waals surface area contributed by atoms with E-state index in [1.165, 1.54) is 26.4 Å². The molecule has 0 atom stereocenters. The molecule has 0 aliphatic rings. The van der Waals surface area contributed by atoms with Crippen LogP contribution >= 0.6 is 0 Å². The number of ether oxygens (including phenoxy) is 2. The van der Waals surface area contributed by atoms with Gasteiger partial charge in [-0.15, -0.1) is 0 Å². The molecule has 0 aliphatic heterocycles. The van der Waals surface area contributed by atoms with Gasteiger partial charge in [-0.25, -0.2) is 0 Å². The number of benzene rings is 1. The van der Waals surface area contributed by atoms with Gasteiger partial charge in [-0.05, 0) is 12.1 Å². The highest BCUT2D eigenvalue weighted by atomic mass is 16.5. The SMILES string of the molecule is COc1cc(C=O)cc(C(=O)CN)c1OC. The minimum atomic E-state index is -0.307. The van der Waals surface area contributed by atoms with Gasteiger partial charge >= 0.3 is 0 Å². The highest BCUT2D eigenvalue weighted by Crippen LogP contribution is 2.32. The Balaban J connectivity index is 3.42. The molecule has 5 nitrogen and oxygen atoms in total. The van der Waals surface area contributed by atoms with Crippen LogP contribution < -0.4 is 15.2 Å². The van der Waals surface area contributed by atoms with E-state index in [4.69, 9.17) is 15.2 Å². The van der Waals surface area contributed by atoms with Crippen LogP contribution in [0.2, 0.25) is 0 Å². The molecule has 1 rings (SSSR count). The lowest BCUT2D eigenvalue weighted by Gasteiger charge is -2.12. The Hall–Kier alpha value is -1.88. The maximum absolute atomic E-state index is 11.6. The van der Waals surface area contributed by atoms with Gasteiger partial charge in [-0.1, -0.05) is 0 Å². The van der Waals surface area contributed by atoms with Gasteiger partial charge in [0.05, 0.1) is 26.3 Å². The van der Waals surface area contributed by atoms with Gasteiger partial charge in [0.25, 0.3) is 0 Å². The molecule has 5 heteroatoms. The van der Waals surface area contributed by atoms with Gasteiger partial charge in [0.15, 0.2) is 17.3 Å². The monoisotopic (exact) mass is 223 g/mol. The van der Waals surface area contributed by atoms with E-state index < -0.39 is 0 Å². The van der Waals surface area contributed by atoms with E-state index in [2.05, 4.69) is 0 Å². The highest BCUT2D eigenvalue weighted by Gasteiger charge is 2.17. The van der Waals surface area contributed by atoms with E-state index in [1.54, 1.807) is 0 Å². The van der Waals surface area contributed by atoms with Crippen molar-refractivity contribution in [2.24, 2.45) is 5.73 Å². The first-order valence-electron chi connectivity index (χ1n) is 4.62. The molecule has 1 aromatic rings. The average molecular weight is 223 g/mol. The summed E-state index contributed by atoms with van der Waals surface area (Å²) in [6.07, 6.45) is 0.634. The predicted molar refractivity (Wildman–Crippen MR) is 58.3 cm³/mol. The summed E-state index contributed by atoms with van der Waals surface area (Å²) in [5.41, 5.74) is 5.87. The van der Waals surface area contributed by atoms with Crippen LogP contribution in [0.25, 0.3) is 0 Å². The maximum atomic E-state index is 11.6. The average Bonchev–Trinajstić information content (AvgIpc) is 2.35. The number of hydrogen-bond donors (Lipinski definition) is 1. The summed E-state index contributed by atoms with van der Waals surface area (Å²) in [5, 5.41) is 0. The fraction of sp³-hybridized carbons (Fsp3) is 0.273. The second kappa shape index (κ2) is 5.27. The van der Waals surface area contributed by atoms with Crippen molar-refractivity contribution in [3.63, 3.8) is 0 Å². The molecule has 0 saturated heterocycles. The third-order valence-electron chi connectivity index (χ3n) is 2.12. The molecule has 0 bridgehead atoms. The Morgan fingerprint density at radius 1 is 1.38 bits per heavy atom. The number of carbonyl (C=O) groups is 2. The summed E-state index contributed by atoms with van der Waals surface area (Å²) >= 11 is 0. The largest absolute Gasteiger partial charge is 0.493 e. The molecule has 0 heterocycles. The van der Waals surface area contributed by atoms with Crippen molar-refractivity contribution in [2.45, 2.75) is 0 Å². The van der Waals surface area contributed by atoms with E-state index in [9.17, 15) is 9.59 Å². The highest BCUT2D eigenvalue weighted by molar-refractivity contribution is 6.02. The molecular weight excluding hydrogens is 210 g/mol. The zero-order valence-electron chi connectivity index (χ0n) is 9.15. The van der Waals surface area contributed by atoms with Crippen LogP contribution in [0.3, 0.4) is 0 Å². The Bertz CT molecular complexity index is 415. The minimum Gasteiger partial charge on any atom is -0.493 e. The number of hydrogen-bond acceptors (Lipinski definition) is 5. The van der Waals surface area contributed by atoms with Crippen molar-refractivity contribution in [1.82, 2.24) is 0 Å². The molecule has 0 spiro atoms. The van der Waals surface area contributed by atoms with E-state index in [0.29, 0.717) is 23.3 Å². The third kappa shape index (κ3) is 2.20. The van der Waals surface area contributed by atoms with Gasteiger partial charge in [0.2, 0.25) is 0 Å². The van der Waals surface area contributed by atoms with Gasteiger partial charge in [-0.2, -0.15) is 0 Å². The molecule has 0 saturated carbocycles. The first-order valence-corrected chi connectivity index (χ1v) is 4.62. The van der Waals surface area contributed by atoms with Gasteiger partial charge in [-0.3, -0.25) is 9.59 Å². The summed E-state index contributed by atoms with van der Waals surface area (Å²) in [5.74, 6) is 0.325. The van der Waals surface area contributed by atoms with Crippen LogP contribution in [0.1, 0.15) is 20.7 Å². The fourth-order valence-electron chi connectivity index (χ4n) is 1.37. The normalized spacial score (nSPS) is 9.69. The Morgan fingerprint density at radius 2 is 2.06 bits per heavy atom. The van der Waals surface area contributed by atoms with Crippen molar-refractivity contribution < 1.29 is 19.1 Å². The summed E-state index contributed by atoms with van der Waals surface area (Å²) in [6, 6.07) is 2.93. The van der Waals surface area contributed by atoms with Crippen molar-refractivity contribution in [2.75, 3.05) is 20.8 Å². The van der Waals surface area contributed by atoms with Crippen molar-refractivity contribution >= 4 is 12.1 Å². The first-order chi connectivity index (χ1) is 7.67. The van der Waals surface area contributed by atoms with Crippen LogP contribution in [0.5, 0.6) is 11.5 Å². The van der Waals surface area contributed by atoms with Crippen molar-refractivity contribution in [3.05, 3.63) is 23.3 Å². The van der Waals surface area contributed by atoms with Crippen molar-refractivity contribution in [3.8, 4) is 11.5 Å². The van der Waals surface area contributed by atoms with Crippen molar-refractivity contribution in [1.29, 1.82) is 0 Å². The van der Waals surface area contributed by atoms with E-state index in [0.717, 1.165) is 0 Å². The number of carbonyl (C=O) groups excluding carboxylic acids is 2. The molecule has 0 amide bonds. The fourth-order valence-corrected chi connectivity index (χ4v) is 1.37. The Labute approximate surface area is 93.1 Å². The van der Waals surface area contributed by atoms with E-state index in [1.807, 2.05) is 0 Å². The van der Waals surface area contributed by atoms with Crippen LogP contribution in [-0.4, -0.2) is 32.8 Å². The second-order valence-corrected chi connectivity index (χ2v) is 3.05. The number of nitrogens with two attached hydrogens (primary N) is 1. The third-order valence-corrected chi connectivity index (χ3v) is 2.12. The molecule has 0 aliphatic carbocycles. The lowest BCUT2D eigenvalue weighted by molar-refractivity contribution is 0.0998. The summed E-state index contributed by atoms with van der Waals surface area (Å²) < 4.78 is 10.1. The molecule has 16 heavy (non-hydrogen) atoms. The van der Waals surface area contributed by atoms with Gasteiger partial charge in [0.1, 0.15) is 6.29 Å². The second-order valence-electron chi connectivity index (χ2n) is 3.05. The maximum Gasteiger partial charge on any atom is 0.180 e. The first kappa shape index (κ1) is 12.2. The Morgan fingerprint density at radius 3 is 2.50 bits per heavy atom. The zero-order chi connectivity index (χ0) is 12.1. The molecule has 2 N–H and O–H groups in total. The quantitative estimate of drug-likeness (QED) is 0.586. The van der Waals surface area contributed by atoms with Crippen LogP contribution in [0.15, 0.2) is 12.1 Å². The molecule has 0 unspecified atom stereocenters. The number of Topliss-reactive ketones (excluding diaryl/α,β-unsaturated/α-hetero) is 1. The van der Waals surface area contributed by atoms with E-state index >= 15 is 0 Å². The molecule has 0 fully saturated rings. The lowest BCUT2D eigenvalue weighted by Crippen LogP contribution is -2.15. The smallest absolute Gasteiger partial charge is 0.180 e. The summed E-state index contributed by atoms with van der Waals surface area (Å²) in [4.78, 5) is 22.3. The van der Waals surface area contributed by atoms with Crippen LogP contribution in [-0.2, 0) is 0 Å². The van der Waals surface area contributed by atoms with Crippen LogP contribution in [0, 0.1) is 0 Å². The van der Waals surface area contributed by atoms with Gasteiger partial charge < -0.3 is 15.2 Å². The van der Waals surface area contributed by atoms with E-state index in [-0.39, 0.29) is 17.9 Å². The standard InChI is InChI=1S/C11H13NO4/c1-15-10-4-7(6-13)3-8(9(14)5-12)11(10)16-2/h3-4,6H,5,12H2,1-2H3. The number of aldehydes is 1. The summed E-state index contributed by atoms with van der Waals surface area (Å²) in [6.45, 7) is -0.151. The number of methoxy groups -OCH3 is 2. The minimum absolute atomic E-state index is 0.151. The molecule has 86 valence electrons. The summed E-state index contributed by atoms with van der Waals surface area (Å²) in [7, 11) is 2.86. The van der Waals surface area contributed by atoms with Crippen LogP contribution in [0.4, 0.5) is 0 Å². The predicted octanol–water partition coefficient (Wildman–Crippen LogP) is 0.658. The topological polar surface area (TPSA) is 78.6 Å². The lowest BCUT2D eigenvalue weighted by atomic mass is 10.1. The Kier molecular flexibility index (Phi) is 4.02. The number of ketones is 1. The van der Waals surface area contributed by atoms with Gasteiger partial charge in [0, 0.05) is 5.56 Å². The molecule has 0 radical (unpaired) electrons. The molecular formula is C11H13NO4. The number of rotatable bonds is 5.